The maximum absolute atomic E-state index is 12.4. The van der Waals surface area contributed by atoms with Crippen molar-refractivity contribution in [1.82, 2.24) is 10.6 Å². The van der Waals surface area contributed by atoms with Crippen LogP contribution >= 0.6 is 0 Å². The molecule has 0 aliphatic heterocycles. The van der Waals surface area contributed by atoms with Gasteiger partial charge in [-0.15, -0.1) is 0 Å². The van der Waals surface area contributed by atoms with Crippen molar-refractivity contribution >= 4 is 24.0 Å². The Kier molecular flexibility index (Phi) is 8.44. The van der Waals surface area contributed by atoms with Crippen LogP contribution in [0.15, 0.2) is 30.3 Å². The maximum Gasteiger partial charge on any atom is 0.243 e. The number of benzene rings is 1. The average Bonchev–Trinajstić information content (AvgIpc) is 2.58. The molecular weight excluding hydrogens is 336 g/mol. The molecule has 141 valence electrons. The Bertz CT molecular complexity index is 633. The van der Waals surface area contributed by atoms with Crippen LogP contribution in [0.4, 0.5) is 0 Å². The van der Waals surface area contributed by atoms with Crippen molar-refractivity contribution in [2.24, 2.45) is 17.4 Å². The van der Waals surface area contributed by atoms with Gasteiger partial charge in [-0.25, -0.2) is 0 Å². The van der Waals surface area contributed by atoms with Gasteiger partial charge >= 0.3 is 0 Å². The molecule has 8 nitrogen and oxygen atoms in total. The number of rotatable bonds is 10. The second kappa shape index (κ2) is 10.3. The first kappa shape index (κ1) is 21.3. The molecule has 26 heavy (non-hydrogen) atoms. The van der Waals surface area contributed by atoms with Crippen LogP contribution in [0.3, 0.4) is 0 Å². The second-order valence-corrected chi connectivity index (χ2v) is 6.38. The van der Waals surface area contributed by atoms with Crippen molar-refractivity contribution in [3.63, 3.8) is 0 Å². The molecule has 0 bridgehead atoms. The van der Waals surface area contributed by atoms with Gasteiger partial charge in [0.1, 0.15) is 12.1 Å². The highest BCUT2D eigenvalue weighted by molar-refractivity contribution is 5.91. The molecule has 0 fully saturated rings. The molecule has 8 heteroatoms. The predicted molar refractivity (Wildman–Crippen MR) is 96.3 cm³/mol. The van der Waals surface area contributed by atoms with Crippen LogP contribution in [0.5, 0.6) is 0 Å². The van der Waals surface area contributed by atoms with Crippen molar-refractivity contribution in [2.45, 2.75) is 44.8 Å². The lowest BCUT2D eigenvalue weighted by molar-refractivity contribution is -0.131. The fourth-order valence-electron chi connectivity index (χ4n) is 2.34. The molecule has 1 radical (unpaired) electrons. The lowest BCUT2D eigenvalue weighted by atomic mass is 10.0. The summed E-state index contributed by atoms with van der Waals surface area (Å²) in [6.45, 7) is 3.47. The standard InChI is InChI=1S/C18H25N4O4/c1-11(2)16(18(26)21-13(10-23)9-15(20)24)22-17(25)14(19)8-12-6-4-3-5-7-12/h3-7,11,13-14,16H,8-9,19H2,1-2H3,(H2,20,24)(H,21,26)(H,22,25)/t13-,14-,16-/m0/s1. The topological polar surface area (TPSA) is 144 Å². The van der Waals surface area contributed by atoms with Gasteiger partial charge in [0.15, 0.2) is 0 Å². The molecule has 0 aromatic heterocycles. The number of carbonyl (C=O) groups is 3. The number of hydrogen-bond donors (Lipinski definition) is 4. The Hall–Kier alpha value is -2.74. The summed E-state index contributed by atoms with van der Waals surface area (Å²) < 4.78 is 0. The minimum atomic E-state index is -1.16. The van der Waals surface area contributed by atoms with Gasteiger partial charge in [-0.3, -0.25) is 19.2 Å². The van der Waals surface area contributed by atoms with Crippen molar-refractivity contribution in [3.8, 4) is 0 Å². The fraction of sp³-hybridized carbons (Fsp3) is 0.444. The first-order valence-electron chi connectivity index (χ1n) is 8.30. The third kappa shape index (κ3) is 7.02. The summed E-state index contributed by atoms with van der Waals surface area (Å²) in [4.78, 5) is 46.4. The Morgan fingerprint density at radius 3 is 2.19 bits per heavy atom. The van der Waals surface area contributed by atoms with Crippen molar-refractivity contribution in [2.75, 3.05) is 0 Å². The molecule has 1 aromatic carbocycles. The van der Waals surface area contributed by atoms with Crippen molar-refractivity contribution < 1.29 is 19.2 Å². The van der Waals surface area contributed by atoms with Crippen LogP contribution in [-0.2, 0) is 25.6 Å². The molecule has 0 heterocycles. The highest BCUT2D eigenvalue weighted by Crippen LogP contribution is 2.06. The molecule has 3 atom stereocenters. The number of hydrogen-bond acceptors (Lipinski definition) is 5. The zero-order valence-corrected chi connectivity index (χ0v) is 14.9. The Morgan fingerprint density at radius 1 is 1.08 bits per heavy atom. The average molecular weight is 361 g/mol. The molecule has 0 saturated carbocycles. The summed E-state index contributed by atoms with van der Waals surface area (Å²) >= 11 is 0. The van der Waals surface area contributed by atoms with Crippen LogP contribution < -0.4 is 22.1 Å². The molecule has 3 amide bonds. The zero-order chi connectivity index (χ0) is 19.7. The molecule has 0 aliphatic carbocycles. The predicted octanol–water partition coefficient (Wildman–Crippen LogP) is -0.833. The molecule has 1 rings (SSSR count). The monoisotopic (exact) mass is 361 g/mol. The zero-order valence-electron chi connectivity index (χ0n) is 14.9. The van der Waals surface area contributed by atoms with E-state index in [0.717, 1.165) is 5.56 Å². The number of amides is 3. The van der Waals surface area contributed by atoms with Gasteiger partial charge in [0, 0.05) is 0 Å². The third-order valence-corrected chi connectivity index (χ3v) is 3.75. The van der Waals surface area contributed by atoms with Crippen molar-refractivity contribution in [1.29, 1.82) is 0 Å². The van der Waals surface area contributed by atoms with E-state index in [0.29, 0.717) is 6.42 Å². The van der Waals surface area contributed by atoms with Crippen molar-refractivity contribution in [3.05, 3.63) is 35.9 Å². The number of primary amides is 1. The number of carbonyl (C=O) groups excluding carboxylic acids is 4. The molecule has 0 saturated heterocycles. The summed E-state index contributed by atoms with van der Waals surface area (Å²) in [5.41, 5.74) is 11.8. The number of nitrogens with one attached hydrogen (secondary N) is 2. The minimum Gasteiger partial charge on any atom is -0.370 e. The summed E-state index contributed by atoms with van der Waals surface area (Å²) in [5, 5.41) is 4.95. The van der Waals surface area contributed by atoms with E-state index in [1.807, 2.05) is 30.3 Å². The highest BCUT2D eigenvalue weighted by Gasteiger charge is 2.28. The SMILES string of the molecule is CC(C)[C@H](NC(=O)[C@@H](N)Cc1ccccc1)C(=O)N[C@H]([C]=O)CC(N)=O. The van der Waals surface area contributed by atoms with E-state index >= 15 is 0 Å². The Labute approximate surface area is 152 Å². The smallest absolute Gasteiger partial charge is 0.243 e. The second-order valence-electron chi connectivity index (χ2n) is 6.38. The van der Waals surface area contributed by atoms with Gasteiger partial charge in [-0.1, -0.05) is 44.2 Å². The molecule has 0 spiro atoms. The maximum atomic E-state index is 12.4. The van der Waals surface area contributed by atoms with E-state index in [9.17, 15) is 19.2 Å². The van der Waals surface area contributed by atoms with Crippen LogP contribution in [0.2, 0.25) is 0 Å². The molecule has 6 N–H and O–H groups in total. The lowest BCUT2D eigenvalue weighted by Gasteiger charge is -2.24. The van der Waals surface area contributed by atoms with Gasteiger partial charge in [-0.05, 0) is 17.9 Å². The summed E-state index contributed by atoms with van der Waals surface area (Å²) in [7, 11) is 0. The summed E-state index contributed by atoms with van der Waals surface area (Å²) in [6, 6.07) is 6.37. The molecule has 0 unspecified atom stereocenters. The van der Waals surface area contributed by atoms with Crippen LogP contribution in [0.1, 0.15) is 25.8 Å². The number of nitrogens with two attached hydrogens (primary N) is 2. The largest absolute Gasteiger partial charge is 0.370 e. The minimum absolute atomic E-state index is 0.260. The third-order valence-electron chi connectivity index (χ3n) is 3.75. The summed E-state index contributed by atoms with van der Waals surface area (Å²) in [5.74, 6) is -2.09. The Balaban J connectivity index is 2.70. The van der Waals surface area contributed by atoms with E-state index in [1.54, 1.807) is 20.1 Å². The lowest BCUT2D eigenvalue weighted by Crippen LogP contribution is -2.56. The first-order chi connectivity index (χ1) is 12.2. The molecule has 0 aliphatic rings. The van der Waals surface area contributed by atoms with Crippen LogP contribution in [0.25, 0.3) is 0 Å². The van der Waals surface area contributed by atoms with Gasteiger partial charge in [0.25, 0.3) is 0 Å². The van der Waals surface area contributed by atoms with E-state index in [2.05, 4.69) is 10.6 Å². The van der Waals surface area contributed by atoms with E-state index in [4.69, 9.17) is 11.5 Å². The van der Waals surface area contributed by atoms with E-state index in [-0.39, 0.29) is 12.3 Å². The van der Waals surface area contributed by atoms with Gasteiger partial charge in [0.2, 0.25) is 24.0 Å². The van der Waals surface area contributed by atoms with Gasteiger partial charge in [0.05, 0.1) is 12.5 Å². The quantitative estimate of drug-likeness (QED) is 0.430. The first-order valence-corrected chi connectivity index (χ1v) is 8.30. The van der Waals surface area contributed by atoms with E-state index < -0.39 is 35.8 Å². The molecular formula is C18H25N4O4. The van der Waals surface area contributed by atoms with E-state index in [1.165, 1.54) is 0 Å². The normalized spacial score (nSPS) is 14.2. The Morgan fingerprint density at radius 2 is 1.69 bits per heavy atom. The van der Waals surface area contributed by atoms with Gasteiger partial charge < -0.3 is 22.1 Å². The van der Waals surface area contributed by atoms with Crippen LogP contribution in [-0.4, -0.2) is 42.1 Å². The van der Waals surface area contributed by atoms with Gasteiger partial charge in [-0.2, -0.15) is 0 Å². The van der Waals surface area contributed by atoms with Crippen LogP contribution in [0, 0.1) is 5.92 Å². The molecule has 1 aromatic rings. The highest BCUT2D eigenvalue weighted by atomic mass is 16.2. The summed E-state index contributed by atoms with van der Waals surface area (Å²) in [6.07, 6.45) is 1.51. The fourth-order valence-corrected chi connectivity index (χ4v) is 2.34.